The topological polar surface area (TPSA) is 38.1 Å². The third-order valence-electron chi connectivity index (χ3n) is 4.15. The number of nitrogens with zero attached hydrogens (tertiary/aromatic N) is 3. The fourth-order valence-electron chi connectivity index (χ4n) is 2.86. The molecule has 1 saturated heterocycles. The summed E-state index contributed by atoms with van der Waals surface area (Å²) in [6.07, 6.45) is 6.10. The Labute approximate surface area is 126 Å². The Kier molecular flexibility index (Phi) is 4.86. The van der Waals surface area contributed by atoms with Crippen LogP contribution in [0.4, 0.5) is 0 Å². The second kappa shape index (κ2) is 6.27. The fourth-order valence-corrected chi connectivity index (χ4v) is 3.08. The average Bonchev–Trinajstić information content (AvgIpc) is 2.80. The van der Waals surface area contributed by atoms with Gasteiger partial charge in [-0.1, -0.05) is 24.9 Å². The minimum absolute atomic E-state index is 0.0790. The Morgan fingerprint density at radius 2 is 2.00 bits per heavy atom. The van der Waals surface area contributed by atoms with Crippen molar-refractivity contribution in [3.8, 4) is 0 Å². The Morgan fingerprint density at radius 1 is 1.35 bits per heavy atom. The average molecular weight is 298 g/mol. The Balaban J connectivity index is 2.27. The minimum atomic E-state index is -0.518. The molecule has 0 saturated carbocycles. The van der Waals surface area contributed by atoms with Crippen LogP contribution in [0, 0.1) is 0 Å². The number of hydrogen-bond acceptors (Lipinski definition) is 3. The molecule has 2 heterocycles. The number of likely N-dealkylation sites (tertiary alicyclic amines) is 1. The molecule has 1 aromatic rings. The highest BCUT2D eigenvalue weighted by Crippen LogP contribution is 2.27. The van der Waals surface area contributed by atoms with Crippen molar-refractivity contribution in [1.29, 1.82) is 0 Å². The molecule has 0 N–H and O–H groups in total. The van der Waals surface area contributed by atoms with E-state index in [0.29, 0.717) is 10.7 Å². The molecule has 1 fully saturated rings. The number of aryl methyl sites for hydroxylation is 1. The van der Waals surface area contributed by atoms with Gasteiger partial charge in [-0.3, -0.25) is 14.4 Å². The van der Waals surface area contributed by atoms with Crippen LogP contribution in [-0.2, 0) is 6.54 Å². The van der Waals surface area contributed by atoms with E-state index in [2.05, 4.69) is 16.9 Å². The second-order valence-corrected chi connectivity index (χ2v) is 6.41. The van der Waals surface area contributed by atoms with Gasteiger partial charge in [0.1, 0.15) is 5.69 Å². The molecular formula is C15H24ClN3O. The van der Waals surface area contributed by atoms with Crippen LogP contribution in [0.3, 0.4) is 0 Å². The number of carbonyl (C=O) groups is 1. The molecule has 0 radical (unpaired) electrons. The maximum absolute atomic E-state index is 13.0. The SMILES string of the molecule is CCCn1ncc(Cl)c1C(=O)C(C)(C)N1CCCCC1. The van der Waals surface area contributed by atoms with Crippen LogP contribution in [0.5, 0.6) is 0 Å². The van der Waals surface area contributed by atoms with Crippen LogP contribution in [0.15, 0.2) is 6.20 Å². The molecule has 5 heteroatoms. The predicted molar refractivity (Wildman–Crippen MR) is 81.4 cm³/mol. The van der Waals surface area contributed by atoms with Crippen molar-refractivity contribution in [3.05, 3.63) is 16.9 Å². The summed E-state index contributed by atoms with van der Waals surface area (Å²) in [5.41, 5.74) is 0.0411. The number of halogens is 1. The highest BCUT2D eigenvalue weighted by molar-refractivity contribution is 6.34. The lowest BCUT2D eigenvalue weighted by Gasteiger charge is -2.39. The third-order valence-corrected chi connectivity index (χ3v) is 4.42. The first-order valence-electron chi connectivity index (χ1n) is 7.49. The molecule has 1 aliphatic heterocycles. The van der Waals surface area contributed by atoms with Crippen molar-refractivity contribution in [2.75, 3.05) is 13.1 Å². The molecule has 0 aliphatic carbocycles. The van der Waals surface area contributed by atoms with Gasteiger partial charge in [-0.25, -0.2) is 0 Å². The first-order chi connectivity index (χ1) is 9.48. The van der Waals surface area contributed by atoms with Gasteiger partial charge >= 0.3 is 0 Å². The van der Waals surface area contributed by atoms with Crippen LogP contribution in [0.1, 0.15) is 56.9 Å². The lowest BCUT2D eigenvalue weighted by atomic mass is 9.91. The lowest BCUT2D eigenvalue weighted by Crippen LogP contribution is -2.52. The molecule has 0 bridgehead atoms. The largest absolute Gasteiger partial charge is 0.291 e. The number of carbonyl (C=O) groups excluding carboxylic acids is 1. The molecule has 0 amide bonds. The van der Waals surface area contributed by atoms with Crippen LogP contribution in [-0.4, -0.2) is 39.1 Å². The van der Waals surface area contributed by atoms with E-state index in [4.69, 9.17) is 11.6 Å². The zero-order valence-corrected chi connectivity index (χ0v) is 13.4. The summed E-state index contributed by atoms with van der Waals surface area (Å²) in [6, 6.07) is 0. The van der Waals surface area contributed by atoms with Gasteiger partial charge in [0.15, 0.2) is 0 Å². The van der Waals surface area contributed by atoms with Crippen molar-refractivity contribution in [1.82, 2.24) is 14.7 Å². The summed E-state index contributed by atoms with van der Waals surface area (Å²) in [6.45, 7) is 8.76. The molecule has 0 aromatic carbocycles. The molecular weight excluding hydrogens is 274 g/mol. The van der Waals surface area contributed by atoms with Gasteiger partial charge in [0.25, 0.3) is 0 Å². The predicted octanol–water partition coefficient (Wildman–Crippen LogP) is 3.39. The van der Waals surface area contributed by atoms with Gasteiger partial charge in [0.05, 0.1) is 16.8 Å². The molecule has 2 rings (SSSR count). The molecule has 4 nitrogen and oxygen atoms in total. The van der Waals surface area contributed by atoms with Crippen molar-refractivity contribution >= 4 is 17.4 Å². The van der Waals surface area contributed by atoms with Gasteiger partial charge in [-0.05, 0) is 46.2 Å². The van der Waals surface area contributed by atoms with Gasteiger partial charge < -0.3 is 0 Å². The van der Waals surface area contributed by atoms with E-state index < -0.39 is 5.54 Å². The first-order valence-corrected chi connectivity index (χ1v) is 7.87. The number of ketones is 1. The summed E-state index contributed by atoms with van der Waals surface area (Å²) in [7, 11) is 0. The Morgan fingerprint density at radius 3 is 2.60 bits per heavy atom. The molecule has 1 aliphatic rings. The molecule has 0 unspecified atom stereocenters. The zero-order valence-electron chi connectivity index (χ0n) is 12.7. The van der Waals surface area contributed by atoms with E-state index in [9.17, 15) is 4.79 Å². The van der Waals surface area contributed by atoms with E-state index in [-0.39, 0.29) is 5.78 Å². The van der Waals surface area contributed by atoms with Crippen LogP contribution >= 0.6 is 11.6 Å². The van der Waals surface area contributed by atoms with Gasteiger partial charge in [-0.2, -0.15) is 5.10 Å². The van der Waals surface area contributed by atoms with Crippen molar-refractivity contribution in [2.24, 2.45) is 0 Å². The maximum atomic E-state index is 13.0. The highest BCUT2D eigenvalue weighted by atomic mass is 35.5. The summed E-state index contributed by atoms with van der Waals surface area (Å²) < 4.78 is 1.75. The fraction of sp³-hybridized carbons (Fsp3) is 0.733. The quantitative estimate of drug-likeness (QED) is 0.782. The summed E-state index contributed by atoms with van der Waals surface area (Å²) in [5, 5.41) is 4.70. The third kappa shape index (κ3) is 2.91. The second-order valence-electron chi connectivity index (χ2n) is 6.00. The molecule has 0 spiro atoms. The van der Waals surface area contributed by atoms with Crippen LogP contribution in [0.2, 0.25) is 5.02 Å². The number of rotatable bonds is 5. The van der Waals surface area contributed by atoms with Crippen molar-refractivity contribution in [3.63, 3.8) is 0 Å². The van der Waals surface area contributed by atoms with Crippen molar-refractivity contribution < 1.29 is 4.79 Å². The Bertz CT molecular complexity index is 475. The normalized spacial score (nSPS) is 17.4. The summed E-state index contributed by atoms with van der Waals surface area (Å²) in [5.74, 6) is 0.0790. The standard InChI is InChI=1S/C15H24ClN3O/c1-4-8-19-13(12(16)11-17-19)14(20)15(2,3)18-9-6-5-7-10-18/h11H,4-10H2,1-3H3. The van der Waals surface area contributed by atoms with Gasteiger partial charge in [0, 0.05) is 6.54 Å². The number of hydrogen-bond donors (Lipinski definition) is 0. The summed E-state index contributed by atoms with van der Waals surface area (Å²) >= 11 is 6.20. The van der Waals surface area contributed by atoms with Crippen molar-refractivity contribution in [2.45, 2.75) is 58.5 Å². The molecule has 112 valence electrons. The van der Waals surface area contributed by atoms with E-state index in [0.717, 1.165) is 26.1 Å². The lowest BCUT2D eigenvalue weighted by molar-refractivity contribution is 0.0568. The van der Waals surface area contributed by atoms with E-state index in [1.54, 1.807) is 10.9 Å². The first kappa shape index (κ1) is 15.5. The van der Waals surface area contributed by atoms with E-state index in [1.165, 1.54) is 19.3 Å². The van der Waals surface area contributed by atoms with Crippen LogP contribution < -0.4 is 0 Å². The summed E-state index contributed by atoms with van der Waals surface area (Å²) in [4.78, 5) is 15.2. The van der Waals surface area contributed by atoms with E-state index >= 15 is 0 Å². The molecule has 1 aromatic heterocycles. The number of aromatic nitrogens is 2. The smallest absolute Gasteiger partial charge is 0.201 e. The Hall–Kier alpha value is -0.870. The van der Waals surface area contributed by atoms with Gasteiger partial charge in [-0.15, -0.1) is 0 Å². The maximum Gasteiger partial charge on any atom is 0.201 e. The molecule has 20 heavy (non-hydrogen) atoms. The monoisotopic (exact) mass is 297 g/mol. The zero-order chi connectivity index (χ0) is 14.8. The molecule has 0 atom stereocenters. The minimum Gasteiger partial charge on any atom is -0.291 e. The number of piperidine rings is 1. The van der Waals surface area contributed by atoms with Gasteiger partial charge in [0.2, 0.25) is 5.78 Å². The number of Topliss-reactive ketones (excluding diaryl/α,β-unsaturated/α-hetero) is 1. The highest BCUT2D eigenvalue weighted by Gasteiger charge is 2.38. The van der Waals surface area contributed by atoms with E-state index in [1.807, 2.05) is 13.8 Å². The van der Waals surface area contributed by atoms with Crippen LogP contribution in [0.25, 0.3) is 0 Å².